The first-order chi connectivity index (χ1) is 16.5. The van der Waals surface area contributed by atoms with Crippen LogP contribution < -0.4 is 9.62 Å². The maximum absolute atomic E-state index is 14.6. The van der Waals surface area contributed by atoms with Crippen LogP contribution in [0.4, 0.5) is 10.1 Å². The zero-order valence-corrected chi connectivity index (χ0v) is 21.9. The molecule has 0 bridgehead atoms. The zero-order chi connectivity index (χ0) is 26.2. The van der Waals surface area contributed by atoms with E-state index in [1.165, 1.54) is 37.2 Å². The summed E-state index contributed by atoms with van der Waals surface area (Å²) in [7, 11) is -1.65. The lowest BCUT2D eigenvalue weighted by Crippen LogP contribution is -2.52. The van der Waals surface area contributed by atoms with E-state index >= 15 is 0 Å². The summed E-state index contributed by atoms with van der Waals surface area (Å²) in [5, 5.41) is 3.19. The number of carbonyl (C=O) groups excluding carboxylic acids is 2. The highest BCUT2D eigenvalue weighted by molar-refractivity contribution is 7.90. The standard InChI is InChI=1S/C24H32ClFN4O4S/c1-5-6-15-27-24(32)18(2)29(16-19-11-7-8-12-20(19)25)23(31)17-30(35(33,34)28(3)4)22-14-10-9-13-21(22)26/h7-14,18H,5-6,15-17H2,1-4H3,(H,27,32)/t18-/m1/s1. The second-order valence-electron chi connectivity index (χ2n) is 8.18. The predicted molar refractivity (Wildman–Crippen MR) is 136 cm³/mol. The quantitative estimate of drug-likeness (QED) is 0.429. The third-order valence-corrected chi connectivity index (χ3v) is 7.61. The number of hydrogen-bond donors (Lipinski definition) is 1. The molecule has 8 nitrogen and oxygen atoms in total. The fraction of sp³-hybridized carbons (Fsp3) is 0.417. The van der Waals surface area contributed by atoms with E-state index < -0.39 is 34.5 Å². The Balaban J connectivity index is 2.44. The zero-order valence-electron chi connectivity index (χ0n) is 20.4. The number of amides is 2. The van der Waals surface area contributed by atoms with Crippen LogP contribution in [0.1, 0.15) is 32.3 Å². The van der Waals surface area contributed by atoms with Gasteiger partial charge < -0.3 is 10.2 Å². The van der Waals surface area contributed by atoms with Crippen LogP contribution in [0.25, 0.3) is 0 Å². The van der Waals surface area contributed by atoms with Gasteiger partial charge in [0, 0.05) is 32.2 Å². The fourth-order valence-electron chi connectivity index (χ4n) is 3.28. The van der Waals surface area contributed by atoms with Gasteiger partial charge in [0.1, 0.15) is 18.4 Å². The van der Waals surface area contributed by atoms with Crippen LogP contribution in [0, 0.1) is 5.82 Å². The summed E-state index contributed by atoms with van der Waals surface area (Å²) < 4.78 is 42.3. The van der Waals surface area contributed by atoms with Crippen LogP contribution in [0.2, 0.25) is 5.02 Å². The molecule has 2 rings (SSSR count). The van der Waals surface area contributed by atoms with Crippen molar-refractivity contribution in [2.75, 3.05) is 31.5 Å². The molecule has 35 heavy (non-hydrogen) atoms. The second-order valence-corrected chi connectivity index (χ2v) is 10.7. The van der Waals surface area contributed by atoms with Gasteiger partial charge in [0.15, 0.2) is 0 Å². The minimum atomic E-state index is -4.24. The van der Waals surface area contributed by atoms with Crippen molar-refractivity contribution in [3.05, 3.63) is 64.9 Å². The highest BCUT2D eigenvalue weighted by Crippen LogP contribution is 2.24. The number of carbonyl (C=O) groups is 2. The maximum atomic E-state index is 14.6. The molecule has 1 atom stereocenters. The highest BCUT2D eigenvalue weighted by Gasteiger charge is 2.33. The Kier molecular flexibility index (Phi) is 10.5. The Labute approximate surface area is 211 Å². The van der Waals surface area contributed by atoms with Gasteiger partial charge in [-0.05, 0) is 37.1 Å². The minimum Gasteiger partial charge on any atom is -0.354 e. The van der Waals surface area contributed by atoms with Crippen LogP contribution in [0.5, 0.6) is 0 Å². The van der Waals surface area contributed by atoms with Crippen molar-refractivity contribution in [1.82, 2.24) is 14.5 Å². The number of nitrogens with zero attached hydrogens (tertiary/aromatic N) is 3. The molecule has 0 spiro atoms. The molecule has 11 heteroatoms. The third kappa shape index (κ3) is 7.39. The monoisotopic (exact) mass is 526 g/mol. The van der Waals surface area contributed by atoms with E-state index in [1.54, 1.807) is 31.2 Å². The lowest BCUT2D eigenvalue weighted by atomic mass is 10.1. The molecule has 0 unspecified atom stereocenters. The fourth-order valence-corrected chi connectivity index (χ4v) is 4.54. The van der Waals surface area contributed by atoms with Crippen LogP contribution in [0.3, 0.4) is 0 Å². The van der Waals surface area contributed by atoms with Crippen molar-refractivity contribution < 1.29 is 22.4 Å². The number of unbranched alkanes of at least 4 members (excludes halogenated alkanes) is 1. The van der Waals surface area contributed by atoms with E-state index in [0.717, 1.165) is 23.2 Å². The van der Waals surface area contributed by atoms with Gasteiger partial charge in [0.05, 0.1) is 5.69 Å². The molecule has 0 saturated carbocycles. The molecule has 2 aromatic carbocycles. The molecule has 0 aliphatic rings. The van der Waals surface area contributed by atoms with E-state index in [-0.39, 0.29) is 18.1 Å². The van der Waals surface area contributed by atoms with Crippen LogP contribution in [0.15, 0.2) is 48.5 Å². The SMILES string of the molecule is CCCCNC(=O)[C@@H](C)N(Cc1ccccc1Cl)C(=O)CN(c1ccccc1F)S(=O)(=O)N(C)C. The van der Waals surface area contributed by atoms with Gasteiger partial charge in [-0.25, -0.2) is 8.70 Å². The third-order valence-electron chi connectivity index (χ3n) is 5.44. The maximum Gasteiger partial charge on any atom is 0.304 e. The number of para-hydroxylation sites is 1. The Morgan fingerprint density at radius 3 is 2.31 bits per heavy atom. The van der Waals surface area contributed by atoms with Crippen molar-refractivity contribution >= 4 is 39.3 Å². The number of halogens is 2. The summed E-state index contributed by atoms with van der Waals surface area (Å²) in [6, 6.07) is 11.2. The topological polar surface area (TPSA) is 90.0 Å². The molecule has 0 heterocycles. The van der Waals surface area contributed by atoms with Crippen molar-refractivity contribution in [2.45, 2.75) is 39.3 Å². The summed E-state index contributed by atoms with van der Waals surface area (Å²) in [6.07, 6.45) is 1.66. The molecule has 0 aliphatic heterocycles. The Bertz CT molecular complexity index is 1130. The number of rotatable bonds is 12. The average molecular weight is 527 g/mol. The first kappa shape index (κ1) is 28.5. The van der Waals surface area contributed by atoms with Gasteiger partial charge >= 0.3 is 10.2 Å². The van der Waals surface area contributed by atoms with Crippen molar-refractivity contribution in [3.8, 4) is 0 Å². The number of benzene rings is 2. The first-order valence-electron chi connectivity index (χ1n) is 11.3. The van der Waals surface area contributed by atoms with Gasteiger partial charge in [-0.2, -0.15) is 12.7 Å². The van der Waals surface area contributed by atoms with Gasteiger partial charge in [-0.1, -0.05) is 55.3 Å². The largest absolute Gasteiger partial charge is 0.354 e. The lowest BCUT2D eigenvalue weighted by Gasteiger charge is -2.33. The van der Waals surface area contributed by atoms with Gasteiger partial charge in [0.2, 0.25) is 11.8 Å². The molecular weight excluding hydrogens is 495 g/mol. The molecule has 0 aliphatic carbocycles. The van der Waals surface area contributed by atoms with E-state index in [9.17, 15) is 22.4 Å². The van der Waals surface area contributed by atoms with Crippen LogP contribution >= 0.6 is 11.6 Å². The Morgan fingerprint density at radius 1 is 1.09 bits per heavy atom. The van der Waals surface area contributed by atoms with E-state index in [4.69, 9.17) is 11.6 Å². The van der Waals surface area contributed by atoms with Gasteiger partial charge in [0.25, 0.3) is 0 Å². The van der Waals surface area contributed by atoms with Crippen LogP contribution in [-0.2, 0) is 26.3 Å². The summed E-state index contributed by atoms with van der Waals surface area (Å²) in [5.74, 6) is -1.86. The summed E-state index contributed by atoms with van der Waals surface area (Å²) in [4.78, 5) is 27.6. The smallest absolute Gasteiger partial charge is 0.304 e. The molecule has 0 radical (unpaired) electrons. The van der Waals surface area contributed by atoms with E-state index in [0.29, 0.717) is 21.4 Å². The van der Waals surface area contributed by atoms with Crippen LogP contribution in [-0.4, -0.2) is 62.7 Å². The summed E-state index contributed by atoms with van der Waals surface area (Å²) in [5.41, 5.74) is 0.316. The first-order valence-corrected chi connectivity index (χ1v) is 13.0. The number of anilines is 1. The van der Waals surface area contributed by atoms with E-state index in [2.05, 4.69) is 5.32 Å². The van der Waals surface area contributed by atoms with Crippen molar-refractivity contribution in [2.24, 2.45) is 0 Å². The summed E-state index contributed by atoms with van der Waals surface area (Å²) >= 11 is 6.30. The lowest BCUT2D eigenvalue weighted by molar-refractivity contribution is -0.139. The molecule has 2 amide bonds. The van der Waals surface area contributed by atoms with Crippen molar-refractivity contribution in [1.29, 1.82) is 0 Å². The molecule has 1 N–H and O–H groups in total. The van der Waals surface area contributed by atoms with Crippen molar-refractivity contribution in [3.63, 3.8) is 0 Å². The Hall–Kier alpha value is -2.69. The highest BCUT2D eigenvalue weighted by atomic mass is 35.5. The second kappa shape index (κ2) is 12.9. The average Bonchev–Trinajstić information content (AvgIpc) is 2.82. The number of nitrogens with one attached hydrogen (secondary N) is 1. The molecule has 2 aromatic rings. The predicted octanol–water partition coefficient (Wildman–Crippen LogP) is 3.43. The number of hydrogen-bond acceptors (Lipinski definition) is 4. The summed E-state index contributed by atoms with van der Waals surface area (Å²) in [6.45, 7) is 3.26. The molecule has 0 aromatic heterocycles. The molecular formula is C24H32ClFN4O4S. The molecule has 192 valence electrons. The van der Waals surface area contributed by atoms with E-state index in [1.807, 2.05) is 6.92 Å². The molecule has 0 fully saturated rings. The normalized spacial score (nSPS) is 12.3. The molecule has 0 saturated heterocycles. The minimum absolute atomic E-state index is 0.0337. The van der Waals surface area contributed by atoms with Gasteiger partial charge in [-0.15, -0.1) is 0 Å². The van der Waals surface area contributed by atoms with Gasteiger partial charge in [-0.3, -0.25) is 9.59 Å². The Morgan fingerprint density at radius 2 is 1.71 bits per heavy atom.